The van der Waals surface area contributed by atoms with Gasteiger partial charge in [0.1, 0.15) is 10.6 Å². The van der Waals surface area contributed by atoms with Gasteiger partial charge in [0.05, 0.1) is 15.1 Å². The van der Waals surface area contributed by atoms with Crippen molar-refractivity contribution in [2.45, 2.75) is 12.0 Å². The number of anilines is 1. The molecule has 2 aromatic heterocycles. The first-order valence-electron chi connectivity index (χ1n) is 8.28. The van der Waals surface area contributed by atoms with Gasteiger partial charge in [0, 0.05) is 27.2 Å². The molecular weight excluding hydrogens is 371 g/mol. The lowest BCUT2D eigenvalue weighted by Gasteiger charge is -2.25. The normalized spacial score (nSPS) is 20.1. The monoisotopic (exact) mass is 390 g/mol. The number of carbonyl (C=O) groups excluding carboxylic acids is 1. The van der Waals surface area contributed by atoms with E-state index < -0.39 is 5.54 Å². The molecule has 1 saturated heterocycles. The van der Waals surface area contributed by atoms with E-state index in [1.165, 1.54) is 23.5 Å². The van der Waals surface area contributed by atoms with Gasteiger partial charge in [0.25, 0.3) is 5.91 Å². The summed E-state index contributed by atoms with van der Waals surface area (Å²) in [6, 6.07) is 8.25. The second-order valence-electron chi connectivity index (χ2n) is 6.81. The number of thiazole rings is 1. The first kappa shape index (κ1) is 17.4. The van der Waals surface area contributed by atoms with E-state index >= 15 is 0 Å². The minimum atomic E-state index is -0.706. The maximum Gasteiger partial charge on any atom is 0.264 e. The molecule has 3 heterocycles. The van der Waals surface area contributed by atoms with Crippen molar-refractivity contribution in [1.29, 1.82) is 0 Å². The Hall–Kier alpha value is -2.03. The molecule has 1 fully saturated rings. The van der Waals surface area contributed by atoms with Crippen LogP contribution in [0.25, 0.3) is 9.53 Å². The van der Waals surface area contributed by atoms with Crippen LogP contribution in [-0.4, -0.2) is 43.0 Å². The zero-order valence-corrected chi connectivity index (χ0v) is 16.2. The van der Waals surface area contributed by atoms with Crippen LogP contribution in [0.15, 0.2) is 30.3 Å². The van der Waals surface area contributed by atoms with E-state index in [0.29, 0.717) is 24.4 Å². The number of halogens is 1. The number of rotatable bonds is 3. The Morgan fingerprint density at radius 2 is 2.15 bits per heavy atom. The summed E-state index contributed by atoms with van der Waals surface area (Å²) in [5.74, 6) is -0.339. The number of amides is 1. The maximum absolute atomic E-state index is 13.5. The minimum Gasteiger partial charge on any atom is -0.354 e. The lowest BCUT2D eigenvalue weighted by molar-refractivity contribution is 0.0788. The first-order valence-corrected chi connectivity index (χ1v) is 9.91. The highest BCUT2D eigenvalue weighted by atomic mass is 32.1. The molecule has 1 aliphatic rings. The second-order valence-corrected chi connectivity index (χ2v) is 8.85. The fourth-order valence-electron chi connectivity index (χ4n) is 3.22. The Morgan fingerprint density at radius 3 is 2.85 bits per heavy atom. The number of hydrogen-bond acceptors (Lipinski definition) is 6. The molecule has 1 amide bonds. The summed E-state index contributed by atoms with van der Waals surface area (Å²) in [7, 11) is 3.90. The molecule has 5 nitrogen and oxygen atoms in total. The topological polar surface area (TPSA) is 62.5 Å². The third-order valence-corrected chi connectivity index (χ3v) is 6.98. The third-order valence-electron chi connectivity index (χ3n) is 4.66. The van der Waals surface area contributed by atoms with Crippen LogP contribution in [0.5, 0.6) is 0 Å². The average Bonchev–Trinajstić information content (AvgIpc) is 3.27. The minimum absolute atomic E-state index is 0.0321. The Labute approximate surface area is 158 Å². The molecule has 0 aliphatic carbocycles. The molecule has 2 N–H and O–H groups in total. The number of aromatic nitrogens is 1. The van der Waals surface area contributed by atoms with Crippen LogP contribution < -0.4 is 10.6 Å². The molecule has 136 valence electrons. The van der Waals surface area contributed by atoms with Crippen molar-refractivity contribution in [2.24, 2.45) is 5.73 Å². The summed E-state index contributed by atoms with van der Waals surface area (Å²) in [4.78, 5) is 22.7. The van der Waals surface area contributed by atoms with Gasteiger partial charge in [-0.1, -0.05) is 23.5 Å². The molecule has 1 atom stereocenters. The zero-order chi connectivity index (χ0) is 18.5. The maximum atomic E-state index is 13.5. The number of fused-ring (bicyclic) bond motifs is 1. The van der Waals surface area contributed by atoms with Gasteiger partial charge >= 0.3 is 0 Å². The number of nitrogens with zero attached hydrogens (tertiary/aromatic N) is 3. The highest BCUT2D eigenvalue weighted by Gasteiger charge is 2.39. The van der Waals surface area contributed by atoms with Crippen molar-refractivity contribution in [1.82, 2.24) is 9.88 Å². The summed E-state index contributed by atoms with van der Waals surface area (Å²) in [5.41, 5.74) is 6.52. The molecule has 0 saturated carbocycles. The highest BCUT2D eigenvalue weighted by molar-refractivity contribution is 7.29. The van der Waals surface area contributed by atoms with Gasteiger partial charge in [0.2, 0.25) is 0 Å². The van der Waals surface area contributed by atoms with Gasteiger partial charge in [0.15, 0.2) is 5.13 Å². The molecule has 0 radical (unpaired) electrons. The highest BCUT2D eigenvalue weighted by Crippen LogP contribution is 2.36. The molecule has 4 rings (SSSR count). The predicted octanol–water partition coefficient (Wildman–Crippen LogP) is 3.26. The molecule has 0 bridgehead atoms. The van der Waals surface area contributed by atoms with Gasteiger partial charge < -0.3 is 15.5 Å². The van der Waals surface area contributed by atoms with Crippen LogP contribution in [-0.2, 0) is 5.54 Å². The molecule has 1 aromatic carbocycles. The third kappa shape index (κ3) is 2.98. The molecule has 8 heteroatoms. The Bertz CT molecular complexity index is 951. The number of nitrogens with two attached hydrogens (primary N) is 1. The summed E-state index contributed by atoms with van der Waals surface area (Å²) in [6.07, 6.45) is 0.616. The average molecular weight is 391 g/mol. The van der Waals surface area contributed by atoms with Crippen molar-refractivity contribution >= 4 is 43.2 Å². The summed E-state index contributed by atoms with van der Waals surface area (Å²) >= 11 is 2.98. The van der Waals surface area contributed by atoms with Gasteiger partial charge in [-0.15, -0.1) is 11.3 Å². The zero-order valence-electron chi connectivity index (χ0n) is 14.5. The molecule has 3 aromatic rings. The summed E-state index contributed by atoms with van der Waals surface area (Å²) < 4.78 is 14.6. The second kappa shape index (κ2) is 6.29. The Morgan fingerprint density at radius 1 is 1.35 bits per heavy atom. The summed E-state index contributed by atoms with van der Waals surface area (Å²) in [5, 5.41) is 0.929. The number of likely N-dealkylation sites (tertiary alicyclic amines) is 1. The first-order chi connectivity index (χ1) is 12.4. The Kier molecular flexibility index (Phi) is 4.21. The quantitative estimate of drug-likeness (QED) is 0.746. The van der Waals surface area contributed by atoms with E-state index in [4.69, 9.17) is 5.73 Å². The van der Waals surface area contributed by atoms with Crippen LogP contribution in [0, 0.1) is 5.82 Å². The van der Waals surface area contributed by atoms with Crippen molar-refractivity contribution in [2.75, 3.05) is 32.1 Å². The van der Waals surface area contributed by atoms with Crippen molar-refractivity contribution < 1.29 is 9.18 Å². The van der Waals surface area contributed by atoms with Gasteiger partial charge in [-0.25, -0.2) is 9.37 Å². The van der Waals surface area contributed by atoms with Crippen molar-refractivity contribution in [3.63, 3.8) is 0 Å². The SMILES string of the molecule is CN(C)c1nc2sc(C(=O)N3CCC(N)(c4cccc(F)c4)C3)cc2s1. The van der Waals surface area contributed by atoms with Gasteiger partial charge in [-0.3, -0.25) is 4.79 Å². The fourth-order valence-corrected chi connectivity index (χ4v) is 5.32. The van der Waals surface area contributed by atoms with E-state index in [1.54, 1.807) is 22.3 Å². The van der Waals surface area contributed by atoms with Gasteiger partial charge in [-0.2, -0.15) is 0 Å². The van der Waals surface area contributed by atoms with E-state index in [-0.39, 0.29) is 11.7 Å². The number of thiophene rings is 1. The molecule has 26 heavy (non-hydrogen) atoms. The predicted molar refractivity (Wildman–Crippen MR) is 105 cm³/mol. The fraction of sp³-hybridized carbons (Fsp3) is 0.333. The standard InChI is InChI=1S/C18H19FN4OS2/c1-22(2)17-21-15-13(26-17)9-14(25-15)16(24)23-7-6-18(20,10-23)11-4-3-5-12(19)8-11/h3-5,8-9H,6-7,10,20H2,1-2H3. The molecule has 1 unspecified atom stereocenters. The number of hydrogen-bond donors (Lipinski definition) is 1. The van der Waals surface area contributed by atoms with Crippen molar-refractivity contribution in [3.05, 3.63) is 46.6 Å². The van der Waals surface area contributed by atoms with E-state index in [1.807, 2.05) is 31.1 Å². The van der Waals surface area contributed by atoms with Crippen molar-refractivity contribution in [3.8, 4) is 0 Å². The lowest BCUT2D eigenvalue weighted by atomic mass is 9.90. The van der Waals surface area contributed by atoms with Crippen LogP contribution in [0.3, 0.4) is 0 Å². The molecular formula is C18H19FN4OS2. The Balaban J connectivity index is 1.55. The largest absolute Gasteiger partial charge is 0.354 e. The smallest absolute Gasteiger partial charge is 0.264 e. The van der Waals surface area contributed by atoms with Crippen LogP contribution >= 0.6 is 22.7 Å². The van der Waals surface area contributed by atoms with E-state index in [9.17, 15) is 9.18 Å². The lowest BCUT2D eigenvalue weighted by Crippen LogP contribution is -2.41. The number of benzene rings is 1. The van der Waals surface area contributed by atoms with Crippen LogP contribution in [0.1, 0.15) is 21.7 Å². The van der Waals surface area contributed by atoms with Crippen LogP contribution in [0.2, 0.25) is 0 Å². The van der Waals surface area contributed by atoms with Crippen LogP contribution in [0.4, 0.5) is 9.52 Å². The van der Waals surface area contributed by atoms with E-state index in [2.05, 4.69) is 4.98 Å². The van der Waals surface area contributed by atoms with E-state index in [0.717, 1.165) is 20.2 Å². The number of carbonyl (C=O) groups is 1. The summed E-state index contributed by atoms with van der Waals surface area (Å²) in [6.45, 7) is 0.949. The molecule has 0 spiro atoms. The van der Waals surface area contributed by atoms with Gasteiger partial charge in [-0.05, 0) is 30.2 Å². The molecule has 1 aliphatic heterocycles.